The second kappa shape index (κ2) is 10.2. The van der Waals surface area contributed by atoms with Crippen LogP contribution in [0.3, 0.4) is 0 Å². The third kappa shape index (κ3) is 4.96. The van der Waals surface area contributed by atoms with Crippen LogP contribution in [0.25, 0.3) is 0 Å². The summed E-state index contributed by atoms with van der Waals surface area (Å²) in [5.41, 5.74) is 2.41. The fraction of sp³-hybridized carbons (Fsp3) is 0.903. The van der Waals surface area contributed by atoms with Gasteiger partial charge in [-0.15, -0.1) is 0 Å². The molecular weight excluding hydrogens is 420 g/mol. The summed E-state index contributed by atoms with van der Waals surface area (Å²) in [7, 11) is 0. The summed E-state index contributed by atoms with van der Waals surface area (Å²) in [5.74, 6) is 5.18. The monoisotopic (exact) mass is 472 g/mol. The molecule has 3 heteroatoms. The molecule has 0 radical (unpaired) electrons. The van der Waals surface area contributed by atoms with E-state index in [1.54, 1.807) is 5.57 Å². The van der Waals surface area contributed by atoms with Crippen LogP contribution in [0.5, 0.6) is 0 Å². The van der Waals surface area contributed by atoms with Crippen LogP contribution in [0.4, 0.5) is 4.79 Å². The molecule has 0 aromatic rings. The van der Waals surface area contributed by atoms with Gasteiger partial charge in [0.05, 0.1) is 6.10 Å². The average Bonchev–Trinajstić information content (AvgIpc) is 3.10. The van der Waals surface area contributed by atoms with Crippen molar-refractivity contribution in [3.63, 3.8) is 0 Å². The van der Waals surface area contributed by atoms with Crippen molar-refractivity contribution < 1.29 is 14.3 Å². The minimum absolute atomic E-state index is 0.0152. The number of fused-ring (bicyclic) bond motifs is 5. The van der Waals surface area contributed by atoms with Crippen molar-refractivity contribution in [1.29, 1.82) is 0 Å². The fourth-order valence-electron chi connectivity index (χ4n) is 9.11. The van der Waals surface area contributed by atoms with Gasteiger partial charge in [0.2, 0.25) is 0 Å². The van der Waals surface area contributed by atoms with Crippen LogP contribution in [-0.4, -0.2) is 18.4 Å². The van der Waals surface area contributed by atoms with Gasteiger partial charge in [-0.3, -0.25) is 0 Å². The van der Waals surface area contributed by atoms with Crippen molar-refractivity contribution in [1.82, 2.24) is 0 Å². The number of carbonyl (C=O) groups excluding carboxylic acids is 1. The topological polar surface area (TPSA) is 35.5 Å². The van der Waals surface area contributed by atoms with E-state index in [1.807, 2.05) is 13.8 Å². The van der Waals surface area contributed by atoms with Crippen molar-refractivity contribution >= 4 is 6.16 Å². The molecule has 4 aliphatic carbocycles. The summed E-state index contributed by atoms with van der Waals surface area (Å²) < 4.78 is 10.9. The molecule has 4 rings (SSSR count). The van der Waals surface area contributed by atoms with E-state index in [2.05, 4.69) is 40.7 Å². The summed E-state index contributed by atoms with van der Waals surface area (Å²) in [6, 6.07) is 0. The lowest BCUT2D eigenvalue weighted by Crippen LogP contribution is -2.51. The molecule has 0 aliphatic heterocycles. The second-order valence-corrected chi connectivity index (χ2v) is 13.7. The molecule has 0 bridgehead atoms. The predicted molar refractivity (Wildman–Crippen MR) is 140 cm³/mol. The summed E-state index contributed by atoms with van der Waals surface area (Å²) in [5, 5.41) is 0. The lowest BCUT2D eigenvalue weighted by atomic mass is 9.47. The van der Waals surface area contributed by atoms with E-state index in [4.69, 9.17) is 9.47 Å². The number of hydrogen-bond donors (Lipinski definition) is 0. The number of allylic oxidation sites excluding steroid dienone is 1. The molecule has 0 heterocycles. The highest BCUT2D eigenvalue weighted by Crippen LogP contribution is 2.67. The van der Waals surface area contributed by atoms with E-state index in [1.165, 1.54) is 51.4 Å². The molecule has 0 saturated heterocycles. The molecule has 0 spiro atoms. The van der Waals surface area contributed by atoms with Crippen LogP contribution in [0, 0.1) is 46.3 Å². The van der Waals surface area contributed by atoms with Gasteiger partial charge in [-0.2, -0.15) is 0 Å². The minimum atomic E-state index is -0.495. The van der Waals surface area contributed by atoms with Crippen LogP contribution < -0.4 is 0 Å². The largest absolute Gasteiger partial charge is 0.508 e. The number of hydrogen-bond acceptors (Lipinski definition) is 3. The first-order chi connectivity index (χ1) is 16.0. The smallest absolute Gasteiger partial charge is 0.432 e. The summed E-state index contributed by atoms with van der Waals surface area (Å²) >= 11 is 0. The Bertz CT molecular complexity index is 754. The Balaban J connectivity index is 1.42. The highest BCUT2D eigenvalue weighted by atomic mass is 16.7. The van der Waals surface area contributed by atoms with Gasteiger partial charge in [0, 0.05) is 6.42 Å². The zero-order valence-electron chi connectivity index (χ0n) is 23.2. The molecule has 3 fully saturated rings. The highest BCUT2D eigenvalue weighted by molar-refractivity contribution is 5.60. The third-order valence-corrected chi connectivity index (χ3v) is 10.9. The minimum Gasteiger partial charge on any atom is -0.432 e. The zero-order valence-corrected chi connectivity index (χ0v) is 23.2. The summed E-state index contributed by atoms with van der Waals surface area (Å²) in [4.78, 5) is 12.1. The number of rotatable bonds is 7. The molecule has 8 atom stereocenters. The van der Waals surface area contributed by atoms with Crippen molar-refractivity contribution in [3.8, 4) is 0 Å². The van der Waals surface area contributed by atoms with Crippen LogP contribution in [0.15, 0.2) is 11.6 Å². The molecule has 0 unspecified atom stereocenters. The molecule has 4 aliphatic rings. The lowest BCUT2D eigenvalue weighted by molar-refractivity contribution is -0.0629. The SMILES string of the molecule is CC(C)CCC[C@@H](C)[C@H]1CC[C@H]2[C@@H]3CC=C4C[C@@H](OC(=O)OC(C)C)CC[C@]4(C)[C@H]3CC[C@]12C. The molecule has 0 aromatic heterocycles. The van der Waals surface area contributed by atoms with Gasteiger partial charge in [-0.1, -0.05) is 65.5 Å². The Morgan fingerprint density at radius 2 is 1.76 bits per heavy atom. The first kappa shape index (κ1) is 26.1. The number of carbonyl (C=O) groups is 1. The average molecular weight is 473 g/mol. The van der Waals surface area contributed by atoms with E-state index < -0.39 is 6.16 Å². The molecule has 0 N–H and O–H groups in total. The standard InChI is InChI=1S/C31H52O3/c1-20(2)9-8-10-22(5)26-13-14-27-25-12-11-23-19-24(34-29(32)33-21(3)4)15-17-30(23,6)28(25)16-18-31(26,27)7/h11,20-22,24-28H,8-10,12-19H2,1-7H3/t22-,24+,25+,26-,27+,28+,30+,31-/m1/s1. The molecule has 3 nitrogen and oxygen atoms in total. The van der Waals surface area contributed by atoms with Crippen LogP contribution >= 0.6 is 0 Å². The quantitative estimate of drug-likeness (QED) is 0.274. The Kier molecular flexibility index (Phi) is 7.80. The van der Waals surface area contributed by atoms with Gasteiger partial charge in [0.1, 0.15) is 6.10 Å². The van der Waals surface area contributed by atoms with Gasteiger partial charge in [0.15, 0.2) is 0 Å². The maximum atomic E-state index is 12.1. The Morgan fingerprint density at radius 1 is 1.00 bits per heavy atom. The highest BCUT2D eigenvalue weighted by Gasteiger charge is 2.59. The second-order valence-electron chi connectivity index (χ2n) is 13.7. The van der Waals surface area contributed by atoms with Gasteiger partial charge in [0.25, 0.3) is 0 Å². The van der Waals surface area contributed by atoms with Crippen molar-refractivity contribution in [2.24, 2.45) is 46.3 Å². The van der Waals surface area contributed by atoms with E-state index in [0.717, 1.165) is 54.8 Å². The van der Waals surface area contributed by atoms with E-state index >= 15 is 0 Å². The predicted octanol–water partition coefficient (Wildman–Crippen LogP) is 8.96. The van der Waals surface area contributed by atoms with Gasteiger partial charge < -0.3 is 9.47 Å². The van der Waals surface area contributed by atoms with Gasteiger partial charge in [-0.05, 0) is 105 Å². The van der Waals surface area contributed by atoms with Crippen LogP contribution in [0.1, 0.15) is 119 Å². The van der Waals surface area contributed by atoms with Crippen molar-refractivity contribution in [2.45, 2.75) is 131 Å². The molecule has 34 heavy (non-hydrogen) atoms. The van der Waals surface area contributed by atoms with Crippen LogP contribution in [0.2, 0.25) is 0 Å². The first-order valence-electron chi connectivity index (χ1n) is 14.6. The van der Waals surface area contributed by atoms with E-state index in [9.17, 15) is 4.79 Å². The van der Waals surface area contributed by atoms with Gasteiger partial charge in [-0.25, -0.2) is 4.79 Å². The molecular formula is C31H52O3. The normalized spacial score (nSPS) is 40.3. The maximum absolute atomic E-state index is 12.1. The Morgan fingerprint density at radius 3 is 2.47 bits per heavy atom. The Hall–Kier alpha value is -0.990. The van der Waals surface area contributed by atoms with Crippen molar-refractivity contribution in [2.75, 3.05) is 0 Å². The first-order valence-corrected chi connectivity index (χ1v) is 14.6. The van der Waals surface area contributed by atoms with E-state index in [-0.39, 0.29) is 12.2 Å². The molecule has 194 valence electrons. The third-order valence-electron chi connectivity index (χ3n) is 10.9. The van der Waals surface area contributed by atoms with Crippen LogP contribution in [-0.2, 0) is 9.47 Å². The maximum Gasteiger partial charge on any atom is 0.508 e. The number of ether oxygens (including phenoxy) is 2. The molecule has 0 aromatic carbocycles. The fourth-order valence-corrected chi connectivity index (χ4v) is 9.11. The molecule has 0 amide bonds. The molecule has 3 saturated carbocycles. The summed E-state index contributed by atoms with van der Waals surface area (Å²) in [6.07, 6.45) is 16.1. The lowest BCUT2D eigenvalue weighted by Gasteiger charge is -2.58. The zero-order chi connectivity index (χ0) is 24.7. The van der Waals surface area contributed by atoms with Gasteiger partial charge >= 0.3 is 6.16 Å². The Labute approximate surface area is 209 Å². The summed E-state index contributed by atoms with van der Waals surface area (Å²) in [6.45, 7) is 16.3. The van der Waals surface area contributed by atoms with E-state index in [0.29, 0.717) is 10.8 Å². The van der Waals surface area contributed by atoms with Crippen molar-refractivity contribution in [3.05, 3.63) is 11.6 Å².